The predicted molar refractivity (Wildman–Crippen MR) is 95.7 cm³/mol. The SMILES string of the molecule is CC(=O)c1ccc(-c2ccc(-c3nc(C4CNCCN4C)no3)o2)cc1. The average Bonchev–Trinajstić information content (AvgIpc) is 3.32. The summed E-state index contributed by atoms with van der Waals surface area (Å²) in [4.78, 5) is 18.1. The molecule has 0 saturated carbocycles. The fourth-order valence-corrected chi connectivity index (χ4v) is 3.04. The number of nitrogens with one attached hydrogen (secondary N) is 1. The van der Waals surface area contributed by atoms with E-state index in [1.54, 1.807) is 19.1 Å². The van der Waals surface area contributed by atoms with Crippen LogP contribution < -0.4 is 5.32 Å². The van der Waals surface area contributed by atoms with Crippen LogP contribution in [0.15, 0.2) is 45.3 Å². The van der Waals surface area contributed by atoms with Gasteiger partial charge in [-0.05, 0) is 26.1 Å². The molecule has 0 radical (unpaired) electrons. The first-order chi connectivity index (χ1) is 12.6. The van der Waals surface area contributed by atoms with Crippen LogP contribution in [0.2, 0.25) is 0 Å². The number of benzene rings is 1. The zero-order chi connectivity index (χ0) is 18.1. The van der Waals surface area contributed by atoms with E-state index < -0.39 is 0 Å². The molecule has 1 N–H and O–H groups in total. The van der Waals surface area contributed by atoms with Crippen molar-refractivity contribution in [3.63, 3.8) is 0 Å². The van der Waals surface area contributed by atoms with Crippen LogP contribution in [0.4, 0.5) is 0 Å². The minimum Gasteiger partial charge on any atom is -0.451 e. The molecular weight excluding hydrogens is 332 g/mol. The molecule has 1 fully saturated rings. The minimum absolute atomic E-state index is 0.0391. The largest absolute Gasteiger partial charge is 0.451 e. The summed E-state index contributed by atoms with van der Waals surface area (Å²) in [5.74, 6) is 2.27. The van der Waals surface area contributed by atoms with Gasteiger partial charge in [0.2, 0.25) is 0 Å². The smallest absolute Gasteiger partial charge is 0.293 e. The summed E-state index contributed by atoms with van der Waals surface area (Å²) in [6.07, 6.45) is 0. The van der Waals surface area contributed by atoms with E-state index >= 15 is 0 Å². The van der Waals surface area contributed by atoms with Crippen LogP contribution in [0.1, 0.15) is 29.1 Å². The number of piperazine rings is 1. The molecule has 0 aliphatic carbocycles. The van der Waals surface area contributed by atoms with Gasteiger partial charge in [-0.25, -0.2) is 0 Å². The summed E-state index contributed by atoms with van der Waals surface area (Å²) in [5.41, 5.74) is 1.56. The number of likely N-dealkylation sites (N-methyl/N-ethyl adjacent to an activating group) is 1. The second-order valence-electron chi connectivity index (χ2n) is 6.46. The predicted octanol–water partition coefficient (Wildman–Crippen LogP) is 2.78. The molecule has 1 aromatic carbocycles. The van der Waals surface area contributed by atoms with Gasteiger partial charge in [0.25, 0.3) is 5.89 Å². The Morgan fingerprint density at radius 1 is 1.19 bits per heavy atom. The van der Waals surface area contributed by atoms with Crippen molar-refractivity contribution in [3.8, 4) is 23.0 Å². The molecule has 1 saturated heterocycles. The molecule has 1 aliphatic rings. The van der Waals surface area contributed by atoms with E-state index in [2.05, 4.69) is 27.4 Å². The van der Waals surface area contributed by atoms with Crippen LogP contribution in [0, 0.1) is 0 Å². The maximum absolute atomic E-state index is 11.4. The Hall–Kier alpha value is -2.77. The summed E-state index contributed by atoms with van der Waals surface area (Å²) >= 11 is 0. The van der Waals surface area contributed by atoms with Gasteiger partial charge in [-0.3, -0.25) is 9.69 Å². The maximum atomic E-state index is 11.4. The lowest BCUT2D eigenvalue weighted by Crippen LogP contribution is -2.44. The van der Waals surface area contributed by atoms with Gasteiger partial charge in [-0.15, -0.1) is 0 Å². The van der Waals surface area contributed by atoms with Crippen molar-refractivity contribution in [2.45, 2.75) is 13.0 Å². The van der Waals surface area contributed by atoms with Crippen LogP contribution in [0.3, 0.4) is 0 Å². The normalized spacial score (nSPS) is 18.2. The Bertz CT molecular complexity index is 913. The quantitative estimate of drug-likeness (QED) is 0.723. The van der Waals surface area contributed by atoms with Crippen LogP contribution >= 0.6 is 0 Å². The van der Waals surface area contributed by atoms with E-state index in [-0.39, 0.29) is 11.8 Å². The van der Waals surface area contributed by atoms with E-state index in [1.165, 1.54) is 0 Å². The van der Waals surface area contributed by atoms with E-state index in [9.17, 15) is 4.79 Å². The number of aromatic nitrogens is 2. The second-order valence-corrected chi connectivity index (χ2v) is 6.46. The Kier molecular flexibility index (Phi) is 4.40. The van der Waals surface area contributed by atoms with Crippen molar-refractivity contribution in [1.29, 1.82) is 0 Å². The Morgan fingerprint density at radius 2 is 1.96 bits per heavy atom. The Morgan fingerprint density at radius 3 is 2.69 bits per heavy atom. The number of hydrogen-bond acceptors (Lipinski definition) is 7. The number of hydrogen-bond donors (Lipinski definition) is 1. The van der Waals surface area contributed by atoms with E-state index in [0.29, 0.717) is 28.8 Å². The molecule has 0 spiro atoms. The van der Waals surface area contributed by atoms with Crippen molar-refractivity contribution in [1.82, 2.24) is 20.4 Å². The minimum atomic E-state index is 0.0391. The average molecular weight is 352 g/mol. The molecule has 1 unspecified atom stereocenters. The molecule has 3 heterocycles. The van der Waals surface area contributed by atoms with Gasteiger partial charge in [0.05, 0.1) is 6.04 Å². The zero-order valence-corrected chi connectivity index (χ0v) is 14.7. The second kappa shape index (κ2) is 6.86. The first-order valence-electron chi connectivity index (χ1n) is 8.58. The van der Waals surface area contributed by atoms with Gasteiger partial charge < -0.3 is 14.3 Å². The summed E-state index contributed by atoms with van der Waals surface area (Å²) in [6.45, 7) is 4.24. The molecule has 7 heteroatoms. The summed E-state index contributed by atoms with van der Waals surface area (Å²) in [7, 11) is 2.05. The van der Waals surface area contributed by atoms with Gasteiger partial charge >= 0.3 is 0 Å². The molecule has 1 atom stereocenters. The highest BCUT2D eigenvalue weighted by Gasteiger charge is 2.26. The van der Waals surface area contributed by atoms with Gasteiger partial charge in [-0.1, -0.05) is 29.4 Å². The maximum Gasteiger partial charge on any atom is 0.293 e. The van der Waals surface area contributed by atoms with Gasteiger partial charge in [0.1, 0.15) is 5.76 Å². The monoisotopic (exact) mass is 352 g/mol. The number of Topliss-reactive ketones (excluding diaryl/α,β-unsaturated/α-hetero) is 1. The van der Waals surface area contributed by atoms with Gasteiger partial charge in [0.15, 0.2) is 17.4 Å². The molecule has 134 valence electrons. The molecule has 2 aromatic heterocycles. The molecule has 1 aliphatic heterocycles. The number of furan rings is 1. The fourth-order valence-electron chi connectivity index (χ4n) is 3.04. The Balaban J connectivity index is 1.55. The van der Waals surface area contributed by atoms with Crippen molar-refractivity contribution in [3.05, 3.63) is 47.8 Å². The number of carbonyl (C=O) groups is 1. The number of carbonyl (C=O) groups excluding carboxylic acids is 1. The topological polar surface area (TPSA) is 84.4 Å². The summed E-state index contributed by atoms with van der Waals surface area (Å²) < 4.78 is 11.3. The zero-order valence-electron chi connectivity index (χ0n) is 14.7. The van der Waals surface area contributed by atoms with E-state index in [1.807, 2.05) is 24.3 Å². The van der Waals surface area contributed by atoms with Gasteiger partial charge in [-0.2, -0.15) is 4.98 Å². The van der Waals surface area contributed by atoms with Crippen molar-refractivity contribution in [2.75, 3.05) is 26.7 Å². The molecule has 0 bridgehead atoms. The standard InChI is InChI=1S/C19H20N4O3/c1-12(24)13-3-5-14(6-4-13)16-7-8-17(25-16)19-21-18(22-26-19)15-11-20-9-10-23(15)2/h3-8,15,20H,9-11H2,1-2H3. The fraction of sp³-hybridized carbons (Fsp3) is 0.316. The lowest BCUT2D eigenvalue weighted by Gasteiger charge is -2.30. The number of rotatable bonds is 4. The van der Waals surface area contributed by atoms with Crippen molar-refractivity contribution < 1.29 is 13.7 Å². The van der Waals surface area contributed by atoms with Crippen LogP contribution in [-0.2, 0) is 0 Å². The highest BCUT2D eigenvalue weighted by molar-refractivity contribution is 5.94. The first-order valence-corrected chi connectivity index (χ1v) is 8.58. The highest BCUT2D eigenvalue weighted by atomic mass is 16.5. The van der Waals surface area contributed by atoms with Crippen molar-refractivity contribution >= 4 is 5.78 Å². The number of ketones is 1. The lowest BCUT2D eigenvalue weighted by molar-refractivity contribution is 0.101. The van der Waals surface area contributed by atoms with E-state index in [0.717, 1.165) is 25.2 Å². The third-order valence-corrected chi connectivity index (χ3v) is 4.64. The Labute approximate surface area is 151 Å². The first kappa shape index (κ1) is 16.7. The van der Waals surface area contributed by atoms with Crippen molar-refractivity contribution in [2.24, 2.45) is 0 Å². The molecule has 3 aromatic rings. The third-order valence-electron chi connectivity index (χ3n) is 4.64. The van der Waals surface area contributed by atoms with Crippen LogP contribution in [0.5, 0.6) is 0 Å². The molecule has 26 heavy (non-hydrogen) atoms. The third kappa shape index (κ3) is 3.18. The van der Waals surface area contributed by atoms with Gasteiger partial charge in [0, 0.05) is 30.8 Å². The molecule has 7 nitrogen and oxygen atoms in total. The molecular formula is C19H20N4O3. The van der Waals surface area contributed by atoms with E-state index in [4.69, 9.17) is 8.94 Å². The summed E-state index contributed by atoms with van der Waals surface area (Å²) in [5, 5.41) is 7.45. The molecule has 4 rings (SSSR count). The van der Waals surface area contributed by atoms with Crippen LogP contribution in [-0.4, -0.2) is 47.5 Å². The molecule has 0 amide bonds. The number of nitrogens with zero attached hydrogens (tertiary/aromatic N) is 3. The highest BCUT2D eigenvalue weighted by Crippen LogP contribution is 2.29. The van der Waals surface area contributed by atoms with Crippen LogP contribution in [0.25, 0.3) is 23.0 Å². The lowest BCUT2D eigenvalue weighted by atomic mass is 10.1. The summed E-state index contributed by atoms with van der Waals surface area (Å²) in [6, 6.07) is 11.1.